The van der Waals surface area contributed by atoms with Crippen LogP contribution in [0.25, 0.3) is 0 Å². The average Bonchev–Trinajstić information content (AvgIpc) is 3.04. The average molecular weight is 266 g/mol. The summed E-state index contributed by atoms with van der Waals surface area (Å²) in [5, 5.41) is 15.8. The Morgan fingerprint density at radius 2 is 2.26 bits per heavy atom. The second-order valence-corrected chi connectivity index (χ2v) is 4.48. The SMILES string of the molecule is CCNCc1cn(CC(=O)NC(=O)NC2CC2)nn1. The van der Waals surface area contributed by atoms with Crippen LogP contribution in [-0.4, -0.2) is 39.5 Å². The summed E-state index contributed by atoms with van der Waals surface area (Å²) in [5.41, 5.74) is 0.761. The maximum absolute atomic E-state index is 11.6. The number of aromatic nitrogens is 3. The molecule has 0 spiro atoms. The predicted octanol–water partition coefficient (Wildman–Crippen LogP) is -0.624. The van der Waals surface area contributed by atoms with Crippen LogP contribution >= 0.6 is 0 Å². The molecule has 1 fully saturated rings. The summed E-state index contributed by atoms with van der Waals surface area (Å²) in [5.74, 6) is -0.405. The highest BCUT2D eigenvalue weighted by molar-refractivity contribution is 5.94. The maximum Gasteiger partial charge on any atom is 0.321 e. The molecular weight excluding hydrogens is 248 g/mol. The zero-order valence-corrected chi connectivity index (χ0v) is 10.8. The molecule has 1 heterocycles. The van der Waals surface area contributed by atoms with E-state index < -0.39 is 11.9 Å². The fourth-order valence-electron chi connectivity index (χ4n) is 1.51. The van der Waals surface area contributed by atoms with Gasteiger partial charge in [-0.2, -0.15) is 0 Å². The van der Waals surface area contributed by atoms with E-state index in [1.165, 1.54) is 4.68 Å². The highest BCUT2D eigenvalue weighted by Crippen LogP contribution is 2.18. The quantitative estimate of drug-likeness (QED) is 0.637. The number of nitrogens with one attached hydrogen (secondary N) is 3. The number of hydrogen-bond acceptors (Lipinski definition) is 5. The van der Waals surface area contributed by atoms with Crippen molar-refractivity contribution in [1.82, 2.24) is 30.9 Å². The van der Waals surface area contributed by atoms with Gasteiger partial charge in [-0.15, -0.1) is 5.10 Å². The van der Waals surface area contributed by atoms with Gasteiger partial charge in [-0.05, 0) is 19.4 Å². The lowest BCUT2D eigenvalue weighted by atomic mass is 10.4. The number of rotatable bonds is 6. The Bertz CT molecular complexity index is 454. The van der Waals surface area contributed by atoms with Crippen LogP contribution in [-0.2, 0) is 17.9 Å². The summed E-state index contributed by atoms with van der Waals surface area (Å²) in [6.45, 7) is 3.43. The number of carbonyl (C=O) groups is 2. The largest absolute Gasteiger partial charge is 0.335 e. The second-order valence-electron chi connectivity index (χ2n) is 4.48. The minimum Gasteiger partial charge on any atom is -0.335 e. The molecule has 0 aromatic carbocycles. The van der Waals surface area contributed by atoms with Crippen LogP contribution in [0.4, 0.5) is 4.79 Å². The molecular formula is C11H18N6O2. The van der Waals surface area contributed by atoms with Crippen LogP contribution in [0, 0.1) is 0 Å². The summed E-state index contributed by atoms with van der Waals surface area (Å²) in [6.07, 6.45) is 3.65. The molecule has 0 aliphatic heterocycles. The predicted molar refractivity (Wildman–Crippen MR) is 67.1 cm³/mol. The molecule has 19 heavy (non-hydrogen) atoms. The minimum atomic E-state index is -0.444. The topological polar surface area (TPSA) is 101 Å². The van der Waals surface area contributed by atoms with Crippen molar-refractivity contribution < 1.29 is 9.59 Å². The van der Waals surface area contributed by atoms with Gasteiger partial charge in [-0.25, -0.2) is 9.48 Å². The zero-order chi connectivity index (χ0) is 13.7. The summed E-state index contributed by atoms with van der Waals surface area (Å²) in [6, 6.07) is -0.216. The molecule has 104 valence electrons. The standard InChI is InChI=1S/C11H18N6O2/c1-2-12-5-9-6-17(16-15-9)7-10(18)14-11(19)13-8-3-4-8/h6,8,12H,2-5,7H2,1H3,(H2,13,14,18,19). The van der Waals surface area contributed by atoms with Crippen molar-refractivity contribution >= 4 is 11.9 Å². The van der Waals surface area contributed by atoms with Crippen molar-refractivity contribution in [3.63, 3.8) is 0 Å². The van der Waals surface area contributed by atoms with E-state index in [0.29, 0.717) is 6.54 Å². The third kappa shape index (κ3) is 4.66. The van der Waals surface area contributed by atoms with Crippen LogP contribution < -0.4 is 16.0 Å². The zero-order valence-electron chi connectivity index (χ0n) is 10.8. The van der Waals surface area contributed by atoms with Gasteiger partial charge in [0.1, 0.15) is 6.54 Å². The first-order valence-electron chi connectivity index (χ1n) is 6.37. The van der Waals surface area contributed by atoms with E-state index in [-0.39, 0.29) is 12.6 Å². The molecule has 2 rings (SSSR count). The number of imide groups is 1. The number of amides is 3. The first-order chi connectivity index (χ1) is 9.17. The van der Waals surface area contributed by atoms with Crippen LogP contribution in [0.15, 0.2) is 6.20 Å². The highest BCUT2D eigenvalue weighted by atomic mass is 16.2. The monoisotopic (exact) mass is 266 g/mol. The molecule has 0 atom stereocenters. The molecule has 1 aliphatic carbocycles. The van der Waals surface area contributed by atoms with Gasteiger partial charge in [-0.1, -0.05) is 12.1 Å². The van der Waals surface area contributed by atoms with E-state index in [1.807, 2.05) is 6.92 Å². The fourth-order valence-corrected chi connectivity index (χ4v) is 1.51. The number of hydrogen-bond donors (Lipinski definition) is 3. The smallest absolute Gasteiger partial charge is 0.321 e. The molecule has 0 saturated heterocycles. The van der Waals surface area contributed by atoms with Crippen LogP contribution in [0.1, 0.15) is 25.5 Å². The number of urea groups is 1. The highest BCUT2D eigenvalue weighted by Gasteiger charge is 2.23. The van der Waals surface area contributed by atoms with Gasteiger partial charge in [-0.3, -0.25) is 10.1 Å². The molecule has 0 unspecified atom stereocenters. The molecule has 8 nitrogen and oxygen atoms in total. The van der Waals surface area contributed by atoms with E-state index in [9.17, 15) is 9.59 Å². The maximum atomic E-state index is 11.6. The Labute approximate surface area is 110 Å². The van der Waals surface area contributed by atoms with Gasteiger partial charge in [0.05, 0.1) is 11.9 Å². The van der Waals surface area contributed by atoms with Gasteiger partial charge in [0.25, 0.3) is 0 Å². The lowest BCUT2D eigenvalue weighted by molar-refractivity contribution is -0.120. The molecule has 1 saturated carbocycles. The Balaban J connectivity index is 1.74. The molecule has 0 bridgehead atoms. The molecule has 0 radical (unpaired) electrons. The van der Waals surface area contributed by atoms with Crippen molar-refractivity contribution in [2.24, 2.45) is 0 Å². The van der Waals surface area contributed by atoms with E-state index in [1.54, 1.807) is 6.20 Å². The van der Waals surface area contributed by atoms with E-state index in [0.717, 1.165) is 25.1 Å². The van der Waals surface area contributed by atoms with Gasteiger partial charge < -0.3 is 10.6 Å². The minimum absolute atomic E-state index is 0.0167. The van der Waals surface area contributed by atoms with Gasteiger partial charge in [0.15, 0.2) is 0 Å². The fraction of sp³-hybridized carbons (Fsp3) is 0.636. The molecule has 1 aromatic rings. The van der Waals surface area contributed by atoms with Crippen molar-refractivity contribution in [3.8, 4) is 0 Å². The lowest BCUT2D eigenvalue weighted by Gasteiger charge is -2.04. The third-order valence-corrected chi connectivity index (χ3v) is 2.61. The van der Waals surface area contributed by atoms with E-state index in [4.69, 9.17) is 0 Å². The Kier molecular flexibility index (Phi) is 4.45. The lowest BCUT2D eigenvalue weighted by Crippen LogP contribution is -2.41. The van der Waals surface area contributed by atoms with E-state index >= 15 is 0 Å². The normalized spacial score (nSPS) is 14.2. The molecule has 3 amide bonds. The molecule has 1 aliphatic rings. The first-order valence-corrected chi connectivity index (χ1v) is 6.37. The Morgan fingerprint density at radius 1 is 1.47 bits per heavy atom. The third-order valence-electron chi connectivity index (χ3n) is 2.61. The van der Waals surface area contributed by atoms with Gasteiger partial charge >= 0.3 is 6.03 Å². The van der Waals surface area contributed by atoms with Crippen molar-refractivity contribution in [1.29, 1.82) is 0 Å². The van der Waals surface area contributed by atoms with Crippen LogP contribution in [0.2, 0.25) is 0 Å². The molecule has 3 N–H and O–H groups in total. The first kappa shape index (κ1) is 13.5. The van der Waals surface area contributed by atoms with Crippen molar-refractivity contribution in [2.45, 2.75) is 38.9 Å². The Morgan fingerprint density at radius 3 is 2.95 bits per heavy atom. The second kappa shape index (κ2) is 6.28. The van der Waals surface area contributed by atoms with Crippen LogP contribution in [0.3, 0.4) is 0 Å². The molecule has 8 heteroatoms. The number of carbonyl (C=O) groups excluding carboxylic acids is 2. The Hall–Kier alpha value is -1.96. The van der Waals surface area contributed by atoms with Gasteiger partial charge in [0.2, 0.25) is 5.91 Å². The number of nitrogens with zero attached hydrogens (tertiary/aromatic N) is 3. The summed E-state index contributed by atoms with van der Waals surface area (Å²) < 4.78 is 1.41. The summed E-state index contributed by atoms with van der Waals surface area (Å²) >= 11 is 0. The summed E-state index contributed by atoms with van der Waals surface area (Å²) in [4.78, 5) is 22.9. The van der Waals surface area contributed by atoms with Crippen LogP contribution in [0.5, 0.6) is 0 Å². The summed E-state index contributed by atoms with van der Waals surface area (Å²) in [7, 11) is 0. The van der Waals surface area contributed by atoms with Gasteiger partial charge in [0, 0.05) is 12.6 Å². The van der Waals surface area contributed by atoms with E-state index in [2.05, 4.69) is 26.3 Å². The van der Waals surface area contributed by atoms with Crippen molar-refractivity contribution in [2.75, 3.05) is 6.54 Å². The molecule has 1 aromatic heterocycles. The van der Waals surface area contributed by atoms with Crippen molar-refractivity contribution in [3.05, 3.63) is 11.9 Å².